The zero-order valence-corrected chi connectivity index (χ0v) is 10.8. The second-order valence-corrected chi connectivity index (χ2v) is 4.51. The summed E-state index contributed by atoms with van der Waals surface area (Å²) in [6.45, 7) is 2.06. The molecule has 2 rings (SSSR count). The van der Waals surface area contributed by atoms with Gasteiger partial charge in [-0.1, -0.05) is 11.6 Å². The SMILES string of the molecule is COc1cc(Cl)cc2c1cc(C)n2I. The molecule has 1 heterocycles. The van der Waals surface area contributed by atoms with Gasteiger partial charge in [0, 0.05) is 16.1 Å². The molecule has 0 atom stereocenters. The largest absolute Gasteiger partial charge is 0.496 e. The van der Waals surface area contributed by atoms with Crippen LogP contribution in [-0.2, 0) is 0 Å². The molecule has 0 aliphatic heterocycles. The molecule has 1 aromatic carbocycles. The normalized spacial score (nSPS) is 10.9. The predicted molar refractivity (Wildman–Crippen MR) is 67.7 cm³/mol. The molecule has 0 aliphatic rings. The van der Waals surface area contributed by atoms with Crippen molar-refractivity contribution in [2.24, 2.45) is 0 Å². The van der Waals surface area contributed by atoms with Crippen LogP contribution < -0.4 is 4.74 Å². The lowest BCUT2D eigenvalue weighted by atomic mass is 10.2. The Hall–Kier alpha value is -0.420. The van der Waals surface area contributed by atoms with Crippen molar-refractivity contribution in [1.82, 2.24) is 2.78 Å². The van der Waals surface area contributed by atoms with E-state index in [0.29, 0.717) is 5.02 Å². The third-order valence-corrected chi connectivity index (χ3v) is 3.68. The maximum atomic E-state index is 5.99. The molecule has 0 amide bonds. The number of nitrogens with zero attached hydrogens (tertiary/aromatic N) is 1. The van der Waals surface area contributed by atoms with Crippen LogP contribution in [0.25, 0.3) is 10.9 Å². The Morgan fingerprint density at radius 1 is 1.36 bits per heavy atom. The summed E-state index contributed by atoms with van der Waals surface area (Å²) in [5.74, 6) is 0.825. The number of halogens is 2. The Morgan fingerprint density at radius 2 is 2.07 bits per heavy atom. The number of aromatic nitrogens is 1. The summed E-state index contributed by atoms with van der Waals surface area (Å²) in [5, 5.41) is 1.80. The molecule has 0 aliphatic carbocycles. The van der Waals surface area contributed by atoms with E-state index >= 15 is 0 Å². The smallest absolute Gasteiger partial charge is 0.129 e. The van der Waals surface area contributed by atoms with E-state index in [9.17, 15) is 0 Å². The molecule has 4 heteroatoms. The minimum Gasteiger partial charge on any atom is -0.496 e. The maximum Gasteiger partial charge on any atom is 0.129 e. The lowest BCUT2D eigenvalue weighted by Gasteiger charge is -2.03. The first kappa shape index (κ1) is 10.1. The van der Waals surface area contributed by atoms with E-state index < -0.39 is 0 Å². The van der Waals surface area contributed by atoms with Crippen molar-refractivity contribution >= 4 is 45.4 Å². The average Bonchev–Trinajstić information content (AvgIpc) is 2.43. The van der Waals surface area contributed by atoms with Crippen LogP contribution in [0, 0.1) is 6.92 Å². The van der Waals surface area contributed by atoms with Crippen LogP contribution >= 0.6 is 34.5 Å². The van der Waals surface area contributed by atoms with E-state index in [0.717, 1.165) is 16.7 Å². The van der Waals surface area contributed by atoms with Crippen molar-refractivity contribution in [3.8, 4) is 5.75 Å². The molecule has 74 valence electrons. The maximum absolute atomic E-state index is 5.99. The number of hydrogen-bond donors (Lipinski definition) is 0. The summed E-state index contributed by atoms with van der Waals surface area (Å²) < 4.78 is 7.35. The molecule has 2 aromatic rings. The fourth-order valence-corrected chi connectivity index (χ4v) is 2.25. The first-order chi connectivity index (χ1) is 6.63. The summed E-state index contributed by atoms with van der Waals surface area (Å²) in [5.41, 5.74) is 2.27. The molecule has 0 N–H and O–H groups in total. The van der Waals surface area contributed by atoms with Crippen molar-refractivity contribution < 1.29 is 4.74 Å². The highest BCUT2D eigenvalue weighted by Gasteiger charge is 2.09. The summed E-state index contributed by atoms with van der Waals surface area (Å²) in [6.07, 6.45) is 0. The third kappa shape index (κ3) is 1.48. The molecule has 0 fully saturated rings. The fraction of sp³-hybridized carbons (Fsp3) is 0.200. The Balaban J connectivity index is 2.87. The Kier molecular flexibility index (Phi) is 2.62. The fourth-order valence-electron chi connectivity index (χ4n) is 1.51. The van der Waals surface area contributed by atoms with Crippen molar-refractivity contribution in [2.45, 2.75) is 6.92 Å². The van der Waals surface area contributed by atoms with Crippen LogP contribution in [0.3, 0.4) is 0 Å². The van der Waals surface area contributed by atoms with Crippen molar-refractivity contribution in [1.29, 1.82) is 0 Å². The zero-order chi connectivity index (χ0) is 10.3. The van der Waals surface area contributed by atoms with Gasteiger partial charge in [0.05, 0.1) is 35.5 Å². The minimum absolute atomic E-state index is 0.699. The lowest BCUT2D eigenvalue weighted by molar-refractivity contribution is 0.420. The monoisotopic (exact) mass is 321 g/mol. The molecule has 2 nitrogen and oxygen atoms in total. The molecule has 0 bridgehead atoms. The van der Waals surface area contributed by atoms with E-state index in [1.54, 1.807) is 7.11 Å². The van der Waals surface area contributed by atoms with Gasteiger partial charge >= 0.3 is 0 Å². The zero-order valence-electron chi connectivity index (χ0n) is 7.84. The van der Waals surface area contributed by atoms with E-state index in [-0.39, 0.29) is 0 Å². The van der Waals surface area contributed by atoms with Gasteiger partial charge in [0.2, 0.25) is 0 Å². The molecule has 0 saturated heterocycles. The van der Waals surface area contributed by atoms with E-state index in [1.165, 1.54) is 5.69 Å². The highest BCUT2D eigenvalue weighted by molar-refractivity contribution is 14.1. The van der Waals surface area contributed by atoms with Crippen LogP contribution in [0.4, 0.5) is 0 Å². The van der Waals surface area contributed by atoms with Gasteiger partial charge in [-0.05, 0) is 25.1 Å². The number of rotatable bonds is 1. The molecule has 0 spiro atoms. The third-order valence-electron chi connectivity index (χ3n) is 2.18. The number of fused-ring (bicyclic) bond motifs is 1. The van der Waals surface area contributed by atoms with Gasteiger partial charge in [0.25, 0.3) is 0 Å². The second-order valence-electron chi connectivity index (χ2n) is 3.11. The summed E-state index contributed by atoms with van der Waals surface area (Å²) in [6, 6.07) is 5.87. The highest BCUT2D eigenvalue weighted by Crippen LogP contribution is 2.33. The first-order valence-electron chi connectivity index (χ1n) is 4.15. The van der Waals surface area contributed by atoms with Gasteiger partial charge in [-0.15, -0.1) is 0 Å². The number of aryl methyl sites for hydroxylation is 1. The second kappa shape index (κ2) is 3.62. The van der Waals surface area contributed by atoms with Crippen LogP contribution in [-0.4, -0.2) is 9.89 Å². The van der Waals surface area contributed by atoms with Crippen LogP contribution in [0.2, 0.25) is 5.02 Å². The summed E-state index contributed by atoms with van der Waals surface area (Å²) in [7, 11) is 1.66. The van der Waals surface area contributed by atoms with Crippen LogP contribution in [0.5, 0.6) is 5.75 Å². The lowest BCUT2D eigenvalue weighted by Crippen LogP contribution is -1.84. The number of hydrogen-bond acceptors (Lipinski definition) is 1. The number of ether oxygens (including phenoxy) is 1. The van der Waals surface area contributed by atoms with E-state index in [2.05, 4.69) is 38.6 Å². The molecule has 14 heavy (non-hydrogen) atoms. The standard InChI is InChI=1S/C10H9ClINO/c1-6-3-8-9(13(6)12)4-7(11)5-10(8)14-2/h3-5H,1-2H3. The van der Waals surface area contributed by atoms with E-state index in [4.69, 9.17) is 16.3 Å². The summed E-state index contributed by atoms with van der Waals surface area (Å²) in [4.78, 5) is 0. The van der Waals surface area contributed by atoms with Crippen LogP contribution in [0.15, 0.2) is 18.2 Å². The van der Waals surface area contributed by atoms with Gasteiger partial charge in [-0.2, -0.15) is 0 Å². The van der Waals surface area contributed by atoms with Crippen molar-refractivity contribution in [3.05, 3.63) is 28.9 Å². The summed E-state index contributed by atoms with van der Waals surface area (Å²) >= 11 is 8.24. The molecule has 0 saturated carbocycles. The number of benzene rings is 1. The Morgan fingerprint density at radius 3 is 2.71 bits per heavy atom. The van der Waals surface area contributed by atoms with Crippen molar-refractivity contribution in [2.75, 3.05) is 7.11 Å². The molecular formula is C10H9ClINO. The highest BCUT2D eigenvalue weighted by atomic mass is 127. The first-order valence-corrected chi connectivity index (χ1v) is 5.49. The number of methoxy groups -OCH3 is 1. The predicted octanol–water partition coefficient (Wildman–Crippen LogP) is 3.81. The topological polar surface area (TPSA) is 14.2 Å². The minimum atomic E-state index is 0.699. The van der Waals surface area contributed by atoms with Crippen LogP contribution in [0.1, 0.15) is 5.69 Å². The molecule has 1 aromatic heterocycles. The van der Waals surface area contributed by atoms with Gasteiger partial charge < -0.3 is 4.74 Å². The van der Waals surface area contributed by atoms with Gasteiger partial charge in [-0.3, -0.25) is 2.78 Å². The van der Waals surface area contributed by atoms with Gasteiger partial charge in [-0.25, -0.2) is 0 Å². The molecule has 0 radical (unpaired) electrons. The Bertz CT molecular complexity index is 492. The molecule has 0 unspecified atom stereocenters. The van der Waals surface area contributed by atoms with E-state index in [1.807, 2.05) is 12.1 Å². The molecular weight excluding hydrogens is 312 g/mol. The Labute approximate surface area is 101 Å². The quantitative estimate of drug-likeness (QED) is 0.729. The van der Waals surface area contributed by atoms with Gasteiger partial charge in [0.15, 0.2) is 0 Å². The van der Waals surface area contributed by atoms with Gasteiger partial charge in [0.1, 0.15) is 5.75 Å². The average molecular weight is 322 g/mol. The van der Waals surface area contributed by atoms with Crippen molar-refractivity contribution in [3.63, 3.8) is 0 Å².